The van der Waals surface area contributed by atoms with Crippen LogP contribution in [-0.4, -0.2) is 5.91 Å². The number of halogens is 2. The highest BCUT2D eigenvalue weighted by Gasteiger charge is 2.07. The van der Waals surface area contributed by atoms with Gasteiger partial charge in [-0.2, -0.15) is 0 Å². The summed E-state index contributed by atoms with van der Waals surface area (Å²) >= 11 is 0. The van der Waals surface area contributed by atoms with Crippen molar-refractivity contribution in [3.8, 4) is 0 Å². The predicted molar refractivity (Wildman–Crippen MR) is 45.1 cm³/mol. The number of hydrogen-bond acceptors (Lipinski definition) is 2. The normalized spacial score (nSPS) is 9.77. The molecule has 0 saturated carbocycles. The average Bonchev–Trinajstić information content (AvgIpc) is 1.99. The van der Waals surface area contributed by atoms with Crippen LogP contribution in [0.2, 0.25) is 0 Å². The second-order valence-electron chi connectivity index (χ2n) is 2.53. The standard InChI is InChI=1S/C8H8F2N2O/c1-4(13)12-8-3-6(10)5(9)2-7(8)11/h2-3H,11H2,1H3,(H,12,13). The fourth-order valence-corrected chi connectivity index (χ4v) is 0.860. The Kier molecular flexibility index (Phi) is 2.46. The number of anilines is 2. The highest BCUT2D eigenvalue weighted by Crippen LogP contribution is 2.21. The molecule has 70 valence electrons. The molecule has 1 aromatic carbocycles. The summed E-state index contributed by atoms with van der Waals surface area (Å²) < 4.78 is 25.2. The molecule has 1 aromatic rings. The highest BCUT2D eigenvalue weighted by atomic mass is 19.2. The zero-order valence-corrected chi connectivity index (χ0v) is 6.90. The molecule has 0 fully saturated rings. The summed E-state index contributed by atoms with van der Waals surface area (Å²) in [5.41, 5.74) is 5.39. The monoisotopic (exact) mass is 186 g/mol. The van der Waals surface area contributed by atoms with Crippen molar-refractivity contribution in [2.45, 2.75) is 6.92 Å². The molecule has 0 aromatic heterocycles. The van der Waals surface area contributed by atoms with Crippen molar-refractivity contribution in [1.82, 2.24) is 0 Å². The van der Waals surface area contributed by atoms with Crippen LogP contribution < -0.4 is 11.1 Å². The lowest BCUT2D eigenvalue weighted by atomic mass is 10.2. The number of nitrogens with one attached hydrogen (secondary N) is 1. The zero-order valence-electron chi connectivity index (χ0n) is 6.90. The van der Waals surface area contributed by atoms with E-state index < -0.39 is 17.5 Å². The smallest absolute Gasteiger partial charge is 0.221 e. The molecule has 3 N–H and O–H groups in total. The third-order valence-corrected chi connectivity index (χ3v) is 1.40. The molecule has 5 heteroatoms. The van der Waals surface area contributed by atoms with Crippen LogP contribution in [0.5, 0.6) is 0 Å². The number of amides is 1. The van der Waals surface area contributed by atoms with Crippen LogP contribution >= 0.6 is 0 Å². The lowest BCUT2D eigenvalue weighted by Crippen LogP contribution is -2.08. The minimum Gasteiger partial charge on any atom is -0.397 e. The molecular formula is C8H8F2N2O. The van der Waals surface area contributed by atoms with Gasteiger partial charge in [-0.1, -0.05) is 0 Å². The maximum atomic E-state index is 12.6. The highest BCUT2D eigenvalue weighted by molar-refractivity contribution is 5.92. The topological polar surface area (TPSA) is 55.1 Å². The fraction of sp³-hybridized carbons (Fsp3) is 0.125. The van der Waals surface area contributed by atoms with Gasteiger partial charge in [0.2, 0.25) is 5.91 Å². The number of nitrogen functional groups attached to an aromatic ring is 1. The fourth-order valence-electron chi connectivity index (χ4n) is 0.860. The van der Waals surface area contributed by atoms with Gasteiger partial charge in [-0.15, -0.1) is 0 Å². The molecule has 1 amide bonds. The van der Waals surface area contributed by atoms with Crippen LogP contribution in [0.25, 0.3) is 0 Å². The molecule has 1 rings (SSSR count). The number of carbonyl (C=O) groups is 1. The van der Waals surface area contributed by atoms with Crippen molar-refractivity contribution >= 4 is 17.3 Å². The minimum absolute atomic E-state index is 0.00546. The summed E-state index contributed by atoms with van der Waals surface area (Å²) in [7, 11) is 0. The van der Waals surface area contributed by atoms with Gasteiger partial charge in [0.05, 0.1) is 11.4 Å². The van der Waals surface area contributed by atoms with E-state index in [0.29, 0.717) is 0 Å². The SMILES string of the molecule is CC(=O)Nc1cc(F)c(F)cc1N. The maximum Gasteiger partial charge on any atom is 0.221 e. The summed E-state index contributed by atoms with van der Waals surface area (Å²) in [6, 6.07) is 1.66. The average molecular weight is 186 g/mol. The number of nitrogens with two attached hydrogens (primary N) is 1. The molecular weight excluding hydrogens is 178 g/mol. The number of rotatable bonds is 1. The summed E-state index contributed by atoms with van der Waals surface area (Å²) in [4.78, 5) is 10.6. The Labute approximate surface area is 73.5 Å². The van der Waals surface area contributed by atoms with Gasteiger partial charge in [0.15, 0.2) is 11.6 Å². The van der Waals surface area contributed by atoms with Crippen LogP contribution in [0.4, 0.5) is 20.2 Å². The van der Waals surface area contributed by atoms with E-state index in [9.17, 15) is 13.6 Å². The number of carbonyl (C=O) groups excluding carboxylic acids is 1. The Balaban J connectivity index is 3.08. The lowest BCUT2D eigenvalue weighted by Gasteiger charge is -2.05. The summed E-state index contributed by atoms with van der Waals surface area (Å²) in [6.45, 7) is 1.25. The third-order valence-electron chi connectivity index (χ3n) is 1.40. The van der Waals surface area contributed by atoms with Crippen LogP contribution in [0.15, 0.2) is 12.1 Å². The first-order valence-corrected chi connectivity index (χ1v) is 3.53. The summed E-state index contributed by atoms with van der Waals surface area (Å²) in [5, 5.41) is 2.27. The Morgan fingerprint density at radius 2 is 1.92 bits per heavy atom. The number of hydrogen-bond donors (Lipinski definition) is 2. The second-order valence-corrected chi connectivity index (χ2v) is 2.53. The van der Waals surface area contributed by atoms with Gasteiger partial charge in [0.1, 0.15) is 0 Å². The molecule has 0 radical (unpaired) electrons. The van der Waals surface area contributed by atoms with Gasteiger partial charge >= 0.3 is 0 Å². The Morgan fingerprint density at radius 1 is 1.38 bits per heavy atom. The van der Waals surface area contributed by atoms with Crippen molar-refractivity contribution in [2.24, 2.45) is 0 Å². The van der Waals surface area contributed by atoms with Gasteiger partial charge in [-0.3, -0.25) is 4.79 Å². The molecule has 0 aliphatic rings. The molecule has 0 atom stereocenters. The first kappa shape index (κ1) is 9.44. The molecule has 3 nitrogen and oxygen atoms in total. The van der Waals surface area contributed by atoms with E-state index in [1.807, 2.05) is 0 Å². The van der Waals surface area contributed by atoms with Crippen molar-refractivity contribution in [3.05, 3.63) is 23.8 Å². The summed E-state index contributed by atoms with van der Waals surface area (Å²) in [5.74, 6) is -2.47. The zero-order chi connectivity index (χ0) is 10.0. The van der Waals surface area contributed by atoms with Crippen LogP contribution in [-0.2, 0) is 4.79 Å². The van der Waals surface area contributed by atoms with E-state index in [1.54, 1.807) is 0 Å². The van der Waals surface area contributed by atoms with E-state index in [-0.39, 0.29) is 11.4 Å². The molecule has 0 heterocycles. The molecule has 0 unspecified atom stereocenters. The van der Waals surface area contributed by atoms with E-state index in [4.69, 9.17) is 5.73 Å². The molecule has 0 bridgehead atoms. The third kappa shape index (κ3) is 2.14. The molecule has 0 aliphatic heterocycles. The maximum absolute atomic E-state index is 12.6. The van der Waals surface area contributed by atoms with Crippen LogP contribution in [0, 0.1) is 11.6 Å². The van der Waals surface area contributed by atoms with Crippen molar-refractivity contribution in [2.75, 3.05) is 11.1 Å². The van der Waals surface area contributed by atoms with Gasteiger partial charge in [-0.05, 0) is 0 Å². The molecule has 13 heavy (non-hydrogen) atoms. The van der Waals surface area contributed by atoms with Crippen molar-refractivity contribution in [3.63, 3.8) is 0 Å². The minimum atomic E-state index is -1.04. The van der Waals surface area contributed by atoms with E-state index in [0.717, 1.165) is 12.1 Å². The first-order chi connectivity index (χ1) is 6.00. The van der Waals surface area contributed by atoms with Crippen LogP contribution in [0.3, 0.4) is 0 Å². The molecule has 0 aliphatic carbocycles. The van der Waals surface area contributed by atoms with E-state index in [2.05, 4.69) is 5.32 Å². The lowest BCUT2D eigenvalue weighted by molar-refractivity contribution is -0.114. The van der Waals surface area contributed by atoms with Crippen LogP contribution in [0.1, 0.15) is 6.92 Å². The Hall–Kier alpha value is -1.65. The van der Waals surface area contributed by atoms with E-state index in [1.165, 1.54) is 6.92 Å². The Bertz CT molecular complexity index is 352. The molecule has 0 saturated heterocycles. The van der Waals surface area contributed by atoms with Crippen molar-refractivity contribution < 1.29 is 13.6 Å². The number of benzene rings is 1. The largest absolute Gasteiger partial charge is 0.397 e. The summed E-state index contributed by atoms with van der Waals surface area (Å²) in [6.07, 6.45) is 0. The quantitative estimate of drug-likeness (QED) is 0.653. The van der Waals surface area contributed by atoms with E-state index >= 15 is 0 Å². The predicted octanol–water partition coefficient (Wildman–Crippen LogP) is 1.51. The first-order valence-electron chi connectivity index (χ1n) is 3.53. The second kappa shape index (κ2) is 3.38. The van der Waals surface area contributed by atoms with Gasteiger partial charge in [0.25, 0.3) is 0 Å². The molecule has 0 spiro atoms. The Morgan fingerprint density at radius 3 is 2.46 bits per heavy atom. The van der Waals surface area contributed by atoms with Gasteiger partial charge in [-0.25, -0.2) is 8.78 Å². The van der Waals surface area contributed by atoms with Crippen molar-refractivity contribution in [1.29, 1.82) is 0 Å². The van der Waals surface area contributed by atoms with Gasteiger partial charge in [0, 0.05) is 19.1 Å². The van der Waals surface area contributed by atoms with Gasteiger partial charge < -0.3 is 11.1 Å².